The van der Waals surface area contributed by atoms with Gasteiger partial charge in [0, 0.05) is 12.5 Å². The molecule has 0 aliphatic heterocycles. The van der Waals surface area contributed by atoms with Crippen molar-refractivity contribution < 1.29 is 22.7 Å². The molecule has 1 aromatic carbocycles. The van der Waals surface area contributed by atoms with E-state index in [1.807, 2.05) is 13.8 Å². The summed E-state index contributed by atoms with van der Waals surface area (Å²) >= 11 is 0. The standard InChI is InChI=1S/C17H26N2O5S/c1-4-14(5-2)19-16(20)12-24-17(21)11-8-13-6-9-15(10-7-13)25(22,23)18-3/h6-7,9-10,14,18H,4-5,8,11-12H2,1-3H3,(H,19,20). The van der Waals surface area contributed by atoms with Crippen LogP contribution in [0.3, 0.4) is 0 Å². The zero-order valence-electron chi connectivity index (χ0n) is 14.9. The Bertz CT molecular complexity index is 667. The molecule has 25 heavy (non-hydrogen) atoms. The molecule has 0 fully saturated rings. The Morgan fingerprint density at radius 3 is 2.24 bits per heavy atom. The minimum atomic E-state index is -3.47. The number of ether oxygens (including phenoxy) is 1. The van der Waals surface area contributed by atoms with Gasteiger partial charge in [0.25, 0.3) is 5.91 Å². The largest absolute Gasteiger partial charge is 0.456 e. The van der Waals surface area contributed by atoms with Crippen molar-refractivity contribution in [2.24, 2.45) is 0 Å². The molecule has 0 atom stereocenters. The van der Waals surface area contributed by atoms with Gasteiger partial charge in [-0.1, -0.05) is 26.0 Å². The first-order valence-electron chi connectivity index (χ1n) is 8.29. The molecule has 0 aromatic heterocycles. The Kier molecular flexibility index (Phi) is 8.57. The molecule has 0 aliphatic rings. The number of aryl methyl sites for hydroxylation is 1. The first-order valence-corrected chi connectivity index (χ1v) is 9.78. The van der Waals surface area contributed by atoms with E-state index >= 15 is 0 Å². The molecule has 0 spiro atoms. The minimum absolute atomic E-state index is 0.0959. The molecule has 0 saturated carbocycles. The van der Waals surface area contributed by atoms with E-state index in [1.165, 1.54) is 19.2 Å². The summed E-state index contributed by atoms with van der Waals surface area (Å²) in [6.07, 6.45) is 2.19. The van der Waals surface area contributed by atoms with Gasteiger partial charge < -0.3 is 10.1 Å². The second-order valence-electron chi connectivity index (χ2n) is 5.59. The third-order valence-electron chi connectivity index (χ3n) is 3.84. The van der Waals surface area contributed by atoms with Gasteiger partial charge >= 0.3 is 5.97 Å². The zero-order chi connectivity index (χ0) is 18.9. The maximum atomic E-state index is 11.7. The van der Waals surface area contributed by atoms with Gasteiger partial charge in [0.05, 0.1) is 4.90 Å². The number of esters is 1. The fourth-order valence-electron chi connectivity index (χ4n) is 2.18. The Morgan fingerprint density at radius 2 is 1.72 bits per heavy atom. The summed E-state index contributed by atoms with van der Waals surface area (Å²) in [7, 11) is -2.12. The topological polar surface area (TPSA) is 102 Å². The number of hydrogen-bond donors (Lipinski definition) is 2. The number of carbonyl (C=O) groups is 2. The molecular weight excluding hydrogens is 344 g/mol. The number of carbonyl (C=O) groups excluding carboxylic acids is 2. The number of rotatable bonds is 10. The van der Waals surface area contributed by atoms with E-state index in [4.69, 9.17) is 4.74 Å². The van der Waals surface area contributed by atoms with Crippen LogP contribution >= 0.6 is 0 Å². The number of nitrogens with one attached hydrogen (secondary N) is 2. The van der Waals surface area contributed by atoms with Crippen LogP contribution < -0.4 is 10.0 Å². The number of sulfonamides is 1. The SMILES string of the molecule is CCC(CC)NC(=O)COC(=O)CCc1ccc(S(=O)(=O)NC)cc1. The fourth-order valence-corrected chi connectivity index (χ4v) is 2.91. The molecule has 1 amide bonds. The van der Waals surface area contributed by atoms with Gasteiger partial charge in [-0.05, 0) is 44.0 Å². The summed E-state index contributed by atoms with van der Waals surface area (Å²) in [6, 6.07) is 6.36. The van der Waals surface area contributed by atoms with Gasteiger partial charge in [-0.2, -0.15) is 0 Å². The molecular formula is C17H26N2O5S. The van der Waals surface area contributed by atoms with Crippen molar-refractivity contribution in [1.82, 2.24) is 10.0 Å². The monoisotopic (exact) mass is 370 g/mol. The van der Waals surface area contributed by atoms with E-state index in [1.54, 1.807) is 12.1 Å². The van der Waals surface area contributed by atoms with E-state index in [9.17, 15) is 18.0 Å². The molecule has 7 nitrogen and oxygen atoms in total. The summed E-state index contributed by atoms with van der Waals surface area (Å²) in [5.74, 6) is -0.768. The lowest BCUT2D eigenvalue weighted by molar-refractivity contribution is -0.148. The normalized spacial score (nSPS) is 11.4. The Labute approximate surface area is 149 Å². The minimum Gasteiger partial charge on any atom is -0.456 e. The highest BCUT2D eigenvalue weighted by molar-refractivity contribution is 7.89. The number of amides is 1. The fraction of sp³-hybridized carbons (Fsp3) is 0.529. The van der Waals surface area contributed by atoms with E-state index in [0.29, 0.717) is 6.42 Å². The molecule has 1 rings (SSSR count). The molecule has 2 N–H and O–H groups in total. The summed E-state index contributed by atoms with van der Waals surface area (Å²) in [4.78, 5) is 23.5. The van der Waals surface area contributed by atoms with E-state index in [-0.39, 0.29) is 29.9 Å². The van der Waals surface area contributed by atoms with Crippen LogP contribution in [0.2, 0.25) is 0 Å². The predicted molar refractivity (Wildman–Crippen MR) is 94.5 cm³/mol. The van der Waals surface area contributed by atoms with Crippen molar-refractivity contribution in [2.75, 3.05) is 13.7 Å². The number of hydrogen-bond acceptors (Lipinski definition) is 5. The Balaban J connectivity index is 2.40. The average molecular weight is 370 g/mol. The molecule has 140 valence electrons. The summed E-state index contributed by atoms with van der Waals surface area (Å²) < 4.78 is 30.4. The summed E-state index contributed by atoms with van der Waals surface area (Å²) in [6.45, 7) is 3.68. The lowest BCUT2D eigenvalue weighted by Gasteiger charge is -2.14. The zero-order valence-corrected chi connectivity index (χ0v) is 15.7. The average Bonchev–Trinajstić information content (AvgIpc) is 2.63. The second-order valence-corrected chi connectivity index (χ2v) is 7.48. The summed E-state index contributed by atoms with van der Waals surface area (Å²) in [5.41, 5.74) is 0.813. The van der Waals surface area contributed by atoms with Gasteiger partial charge in [0.1, 0.15) is 0 Å². The quantitative estimate of drug-likeness (QED) is 0.606. The van der Waals surface area contributed by atoms with Crippen molar-refractivity contribution >= 4 is 21.9 Å². The molecule has 1 aromatic rings. The maximum Gasteiger partial charge on any atom is 0.306 e. The second kappa shape index (κ2) is 10.1. The third-order valence-corrected chi connectivity index (χ3v) is 5.27. The van der Waals surface area contributed by atoms with Crippen LogP contribution in [0.25, 0.3) is 0 Å². The van der Waals surface area contributed by atoms with Crippen LogP contribution in [0.4, 0.5) is 0 Å². The lowest BCUT2D eigenvalue weighted by Crippen LogP contribution is -2.36. The molecule has 0 saturated heterocycles. The first-order chi connectivity index (χ1) is 11.8. The van der Waals surface area contributed by atoms with Gasteiger partial charge in [-0.15, -0.1) is 0 Å². The molecule has 0 bridgehead atoms. The van der Waals surface area contributed by atoms with Gasteiger partial charge in [0.2, 0.25) is 10.0 Å². The van der Waals surface area contributed by atoms with Crippen LogP contribution in [0.15, 0.2) is 29.2 Å². The van der Waals surface area contributed by atoms with Crippen molar-refractivity contribution in [3.05, 3.63) is 29.8 Å². The van der Waals surface area contributed by atoms with E-state index in [0.717, 1.165) is 18.4 Å². The van der Waals surface area contributed by atoms with Crippen molar-refractivity contribution in [1.29, 1.82) is 0 Å². The van der Waals surface area contributed by atoms with Crippen molar-refractivity contribution in [2.45, 2.75) is 50.5 Å². The molecule has 0 radical (unpaired) electrons. The first kappa shape index (κ1) is 21.1. The van der Waals surface area contributed by atoms with E-state index < -0.39 is 16.0 Å². The Hall–Kier alpha value is -1.93. The molecule has 0 unspecified atom stereocenters. The van der Waals surface area contributed by atoms with Gasteiger partial charge in [-0.25, -0.2) is 13.1 Å². The van der Waals surface area contributed by atoms with Crippen LogP contribution in [-0.4, -0.2) is 40.0 Å². The molecule has 0 heterocycles. The highest BCUT2D eigenvalue weighted by atomic mass is 32.2. The van der Waals surface area contributed by atoms with Gasteiger partial charge in [0.15, 0.2) is 6.61 Å². The summed E-state index contributed by atoms with van der Waals surface area (Å²) in [5, 5.41) is 2.79. The lowest BCUT2D eigenvalue weighted by atomic mass is 10.1. The smallest absolute Gasteiger partial charge is 0.306 e. The Morgan fingerprint density at radius 1 is 1.12 bits per heavy atom. The highest BCUT2D eigenvalue weighted by Crippen LogP contribution is 2.11. The van der Waals surface area contributed by atoms with Crippen LogP contribution in [0, 0.1) is 0 Å². The predicted octanol–water partition coefficient (Wildman–Crippen LogP) is 1.38. The maximum absolute atomic E-state index is 11.7. The highest BCUT2D eigenvalue weighted by Gasteiger charge is 2.13. The third kappa shape index (κ3) is 7.23. The van der Waals surface area contributed by atoms with E-state index in [2.05, 4.69) is 10.0 Å². The van der Waals surface area contributed by atoms with Crippen molar-refractivity contribution in [3.8, 4) is 0 Å². The van der Waals surface area contributed by atoms with Gasteiger partial charge in [-0.3, -0.25) is 9.59 Å². The van der Waals surface area contributed by atoms with Crippen LogP contribution in [0.5, 0.6) is 0 Å². The molecule has 0 aliphatic carbocycles. The van der Waals surface area contributed by atoms with Crippen LogP contribution in [0.1, 0.15) is 38.7 Å². The number of benzene rings is 1. The van der Waals surface area contributed by atoms with Crippen LogP contribution in [-0.2, 0) is 30.8 Å². The molecule has 8 heteroatoms. The van der Waals surface area contributed by atoms with Crippen molar-refractivity contribution in [3.63, 3.8) is 0 Å².